The zero-order valence-electron chi connectivity index (χ0n) is 13.3. The average molecular weight is 321 g/mol. The predicted octanol–water partition coefficient (Wildman–Crippen LogP) is 3.45. The second-order valence-electron chi connectivity index (χ2n) is 5.84. The number of hydrogen-bond acceptors (Lipinski definition) is 3. The van der Waals surface area contributed by atoms with Crippen molar-refractivity contribution in [2.24, 2.45) is 0 Å². The van der Waals surface area contributed by atoms with E-state index >= 15 is 0 Å². The number of halogens is 1. The van der Waals surface area contributed by atoms with E-state index in [4.69, 9.17) is 4.74 Å². The molecule has 1 saturated heterocycles. The highest BCUT2D eigenvalue weighted by Crippen LogP contribution is 2.29. The van der Waals surface area contributed by atoms with Gasteiger partial charge in [0.25, 0.3) is 0 Å². The Balaban J connectivity index is 0.00000176. The van der Waals surface area contributed by atoms with Crippen molar-refractivity contribution in [3.05, 3.63) is 42.0 Å². The number of likely N-dealkylation sites (tertiary alicyclic amines) is 1. The summed E-state index contributed by atoms with van der Waals surface area (Å²) < 4.78 is 5.48. The minimum absolute atomic E-state index is 0. The molecule has 2 aromatic carbocycles. The van der Waals surface area contributed by atoms with Gasteiger partial charge in [-0.05, 0) is 43.5 Å². The molecule has 4 heteroatoms. The van der Waals surface area contributed by atoms with Crippen LogP contribution in [0.3, 0.4) is 0 Å². The highest BCUT2D eigenvalue weighted by molar-refractivity contribution is 5.91. The maximum Gasteiger partial charge on any atom is 0.126 e. The van der Waals surface area contributed by atoms with Gasteiger partial charge in [-0.15, -0.1) is 12.4 Å². The van der Waals surface area contributed by atoms with Gasteiger partial charge in [-0.25, -0.2) is 0 Å². The molecule has 3 rings (SSSR count). The van der Waals surface area contributed by atoms with Crippen molar-refractivity contribution in [2.45, 2.75) is 25.4 Å². The Morgan fingerprint density at radius 2 is 1.95 bits per heavy atom. The summed E-state index contributed by atoms with van der Waals surface area (Å²) in [6.07, 6.45) is 2.57. The Labute approximate surface area is 139 Å². The van der Waals surface area contributed by atoms with E-state index in [9.17, 15) is 0 Å². The Kier molecular flexibility index (Phi) is 6.07. The summed E-state index contributed by atoms with van der Waals surface area (Å²) in [6.45, 7) is 3.35. The van der Waals surface area contributed by atoms with E-state index in [2.05, 4.69) is 53.7 Å². The monoisotopic (exact) mass is 320 g/mol. The van der Waals surface area contributed by atoms with Gasteiger partial charge in [0, 0.05) is 24.5 Å². The van der Waals surface area contributed by atoms with E-state index in [1.54, 1.807) is 7.11 Å². The lowest BCUT2D eigenvalue weighted by molar-refractivity contribution is 0.188. The van der Waals surface area contributed by atoms with Gasteiger partial charge in [-0.2, -0.15) is 0 Å². The summed E-state index contributed by atoms with van der Waals surface area (Å²) in [7, 11) is 3.81. The minimum atomic E-state index is 0. The molecule has 1 N–H and O–H groups in total. The molecule has 0 bridgehead atoms. The molecule has 120 valence electrons. The van der Waals surface area contributed by atoms with Gasteiger partial charge in [0.1, 0.15) is 5.75 Å². The lowest BCUT2D eigenvalue weighted by Crippen LogP contribution is -2.43. The fraction of sp³-hybridized carbons (Fsp3) is 0.444. The summed E-state index contributed by atoms with van der Waals surface area (Å²) >= 11 is 0. The molecule has 22 heavy (non-hydrogen) atoms. The van der Waals surface area contributed by atoms with Gasteiger partial charge < -0.3 is 10.1 Å². The molecule has 1 aliphatic heterocycles. The van der Waals surface area contributed by atoms with Crippen LogP contribution >= 0.6 is 12.4 Å². The first-order valence-electron chi connectivity index (χ1n) is 7.76. The maximum atomic E-state index is 5.48. The summed E-state index contributed by atoms with van der Waals surface area (Å²) in [4.78, 5) is 2.55. The van der Waals surface area contributed by atoms with Gasteiger partial charge >= 0.3 is 0 Å². The number of methoxy groups -OCH3 is 1. The normalized spacial score (nSPS) is 18.9. The second-order valence-corrected chi connectivity index (χ2v) is 5.84. The maximum absolute atomic E-state index is 5.48. The Hall–Kier alpha value is -1.29. The number of fused-ring (bicyclic) bond motifs is 1. The molecular weight excluding hydrogens is 296 g/mol. The molecule has 1 fully saturated rings. The van der Waals surface area contributed by atoms with Crippen LogP contribution in [0.2, 0.25) is 0 Å². The van der Waals surface area contributed by atoms with Crippen molar-refractivity contribution in [3.63, 3.8) is 0 Å². The number of benzene rings is 2. The minimum Gasteiger partial charge on any atom is -0.496 e. The van der Waals surface area contributed by atoms with Crippen LogP contribution < -0.4 is 10.1 Å². The highest BCUT2D eigenvalue weighted by Gasteiger charge is 2.19. The predicted molar refractivity (Wildman–Crippen MR) is 95.1 cm³/mol. The number of rotatable bonds is 4. The van der Waals surface area contributed by atoms with Crippen LogP contribution in [0, 0.1) is 0 Å². The molecule has 0 amide bonds. The van der Waals surface area contributed by atoms with Crippen LogP contribution in [0.5, 0.6) is 5.75 Å². The number of likely N-dealkylation sites (N-methyl/N-ethyl adjacent to an activating group) is 1. The van der Waals surface area contributed by atoms with E-state index in [1.807, 2.05) is 0 Å². The summed E-state index contributed by atoms with van der Waals surface area (Å²) in [6, 6.07) is 13.5. The largest absolute Gasteiger partial charge is 0.496 e. The Morgan fingerprint density at radius 3 is 2.68 bits per heavy atom. The zero-order chi connectivity index (χ0) is 14.7. The average Bonchev–Trinajstić information content (AvgIpc) is 2.55. The molecule has 0 radical (unpaired) electrons. The first-order valence-corrected chi connectivity index (χ1v) is 7.76. The molecule has 0 spiro atoms. The SMILES string of the molecule is CNC1CCCN(Cc2ccc(OC)c3ccccc23)C1.Cl. The molecule has 1 unspecified atom stereocenters. The van der Waals surface area contributed by atoms with E-state index < -0.39 is 0 Å². The van der Waals surface area contributed by atoms with Crippen molar-refractivity contribution in [1.82, 2.24) is 10.2 Å². The molecule has 0 aromatic heterocycles. The Morgan fingerprint density at radius 1 is 1.18 bits per heavy atom. The zero-order valence-corrected chi connectivity index (χ0v) is 14.2. The van der Waals surface area contributed by atoms with Crippen LogP contribution in [0.1, 0.15) is 18.4 Å². The van der Waals surface area contributed by atoms with Gasteiger partial charge in [-0.3, -0.25) is 4.90 Å². The third-order valence-corrected chi connectivity index (χ3v) is 4.50. The summed E-state index contributed by atoms with van der Waals surface area (Å²) in [5.41, 5.74) is 1.39. The van der Waals surface area contributed by atoms with Gasteiger partial charge in [0.05, 0.1) is 7.11 Å². The van der Waals surface area contributed by atoms with Crippen molar-refractivity contribution in [2.75, 3.05) is 27.2 Å². The molecule has 1 aliphatic rings. The molecule has 0 saturated carbocycles. The number of nitrogens with one attached hydrogen (secondary N) is 1. The molecule has 1 heterocycles. The van der Waals surface area contributed by atoms with Crippen LogP contribution in [0.4, 0.5) is 0 Å². The number of nitrogens with zero attached hydrogens (tertiary/aromatic N) is 1. The van der Waals surface area contributed by atoms with Crippen LogP contribution in [0.15, 0.2) is 36.4 Å². The van der Waals surface area contributed by atoms with E-state index in [0.29, 0.717) is 6.04 Å². The fourth-order valence-corrected chi connectivity index (χ4v) is 3.33. The third-order valence-electron chi connectivity index (χ3n) is 4.50. The lowest BCUT2D eigenvalue weighted by Gasteiger charge is -2.32. The van der Waals surface area contributed by atoms with Gasteiger partial charge in [0.2, 0.25) is 0 Å². The van der Waals surface area contributed by atoms with Crippen molar-refractivity contribution in [3.8, 4) is 5.75 Å². The van der Waals surface area contributed by atoms with Crippen LogP contribution in [-0.4, -0.2) is 38.2 Å². The quantitative estimate of drug-likeness (QED) is 0.933. The number of ether oxygens (including phenoxy) is 1. The smallest absolute Gasteiger partial charge is 0.126 e. The fourth-order valence-electron chi connectivity index (χ4n) is 3.33. The van der Waals surface area contributed by atoms with Crippen molar-refractivity contribution in [1.29, 1.82) is 0 Å². The second kappa shape index (κ2) is 7.82. The summed E-state index contributed by atoms with van der Waals surface area (Å²) in [5.74, 6) is 0.959. The number of hydrogen-bond donors (Lipinski definition) is 1. The first-order chi connectivity index (χ1) is 10.3. The van der Waals surface area contributed by atoms with E-state index in [0.717, 1.165) is 18.8 Å². The standard InChI is InChI=1S/C18H24N2O.ClH/c1-19-15-6-5-11-20(13-15)12-14-9-10-18(21-2)17-8-4-3-7-16(14)17;/h3-4,7-10,15,19H,5-6,11-13H2,1-2H3;1H. The molecular formula is C18H25ClN2O. The topological polar surface area (TPSA) is 24.5 Å². The molecule has 1 atom stereocenters. The highest BCUT2D eigenvalue weighted by atomic mass is 35.5. The number of piperidine rings is 1. The van der Waals surface area contributed by atoms with Gasteiger partial charge in [-0.1, -0.05) is 30.3 Å². The molecule has 0 aliphatic carbocycles. The van der Waals surface area contributed by atoms with Crippen LogP contribution in [0.25, 0.3) is 10.8 Å². The Bertz CT molecular complexity index is 617. The van der Waals surface area contributed by atoms with Crippen molar-refractivity contribution >= 4 is 23.2 Å². The third kappa shape index (κ3) is 3.54. The molecule has 3 nitrogen and oxygen atoms in total. The first kappa shape index (κ1) is 17.1. The van der Waals surface area contributed by atoms with E-state index in [-0.39, 0.29) is 12.4 Å². The lowest BCUT2D eigenvalue weighted by atomic mass is 10.0. The van der Waals surface area contributed by atoms with Gasteiger partial charge in [0.15, 0.2) is 0 Å². The van der Waals surface area contributed by atoms with E-state index in [1.165, 1.54) is 35.7 Å². The molecule has 2 aromatic rings. The summed E-state index contributed by atoms with van der Waals surface area (Å²) in [5, 5.41) is 5.93. The van der Waals surface area contributed by atoms with Crippen molar-refractivity contribution < 1.29 is 4.74 Å². The van der Waals surface area contributed by atoms with Crippen LogP contribution in [-0.2, 0) is 6.54 Å².